The highest BCUT2D eigenvalue weighted by atomic mass is 32.1. The molecule has 2 aromatic rings. The lowest BCUT2D eigenvalue weighted by Gasteiger charge is -2.30. The Hall–Kier alpha value is -2.49. The zero-order chi connectivity index (χ0) is 24.2. The topological polar surface area (TPSA) is 53.1 Å². The normalized spacial score (nSPS) is 18.4. The van der Waals surface area contributed by atoms with Crippen molar-refractivity contribution in [3.8, 4) is 0 Å². The van der Waals surface area contributed by atoms with Crippen molar-refractivity contribution < 1.29 is 17.6 Å². The third-order valence-electron chi connectivity index (χ3n) is 6.76. The molecule has 1 aromatic heterocycles. The first-order valence-electron chi connectivity index (χ1n) is 11.8. The van der Waals surface area contributed by atoms with E-state index in [9.17, 15) is 17.6 Å². The summed E-state index contributed by atoms with van der Waals surface area (Å²) < 4.78 is 54.0. The third-order valence-corrected chi connectivity index (χ3v) is 7.01. The summed E-state index contributed by atoms with van der Waals surface area (Å²) in [4.78, 5) is 9.92. The van der Waals surface area contributed by atoms with Crippen LogP contribution < -0.4 is 15.5 Å². The quantitative estimate of drug-likeness (QED) is 0.403. The standard InChI is InChI=1S/C24H29F4N5S/c25-18-9-7-17(8-10-18)23(11-3-4-12-23)16-29-22(34)32-21-30-19(24(26,27)28)15-20(31-21)33-13-5-1-2-6-14-33/h7-10,15H,1-6,11-14,16H2,(H2,29,30,31,32,34). The zero-order valence-electron chi connectivity index (χ0n) is 18.9. The zero-order valence-corrected chi connectivity index (χ0v) is 19.7. The van der Waals surface area contributed by atoms with Gasteiger partial charge in [-0.1, -0.05) is 37.8 Å². The van der Waals surface area contributed by atoms with Gasteiger partial charge in [0.25, 0.3) is 0 Å². The van der Waals surface area contributed by atoms with Crippen LogP contribution in [0.4, 0.5) is 29.3 Å². The number of anilines is 2. The summed E-state index contributed by atoms with van der Waals surface area (Å²) in [6.45, 7) is 1.82. The SMILES string of the molecule is Fc1ccc(C2(CNC(=S)Nc3nc(N4CCCCCC4)cc(C(F)(F)F)n3)CCCC2)cc1. The molecule has 2 aliphatic rings. The van der Waals surface area contributed by atoms with E-state index in [1.165, 1.54) is 12.1 Å². The number of aromatic nitrogens is 2. The Balaban J connectivity index is 1.49. The van der Waals surface area contributed by atoms with Gasteiger partial charge < -0.3 is 15.5 Å². The third kappa shape index (κ3) is 5.95. The van der Waals surface area contributed by atoms with E-state index in [2.05, 4.69) is 20.6 Å². The molecular weight excluding hydrogens is 466 g/mol. The van der Waals surface area contributed by atoms with Gasteiger partial charge in [0.05, 0.1) is 0 Å². The van der Waals surface area contributed by atoms with Crippen molar-refractivity contribution in [1.82, 2.24) is 15.3 Å². The first-order valence-corrected chi connectivity index (χ1v) is 12.2. The number of hydrogen-bond acceptors (Lipinski definition) is 4. The van der Waals surface area contributed by atoms with Crippen molar-refractivity contribution in [3.05, 3.63) is 47.4 Å². The summed E-state index contributed by atoms with van der Waals surface area (Å²) in [6.07, 6.45) is 3.31. The second-order valence-electron chi connectivity index (χ2n) is 9.14. The monoisotopic (exact) mass is 495 g/mol. The molecule has 1 aliphatic heterocycles. The molecule has 0 atom stereocenters. The van der Waals surface area contributed by atoms with Gasteiger partial charge in [0.15, 0.2) is 10.8 Å². The van der Waals surface area contributed by atoms with E-state index in [1.807, 2.05) is 4.90 Å². The van der Waals surface area contributed by atoms with Gasteiger partial charge in [-0.05, 0) is 55.6 Å². The Morgan fingerprint density at radius 1 is 0.971 bits per heavy atom. The van der Waals surface area contributed by atoms with Gasteiger partial charge in [0.1, 0.15) is 11.6 Å². The van der Waals surface area contributed by atoms with Crippen LogP contribution in [0.25, 0.3) is 0 Å². The average molecular weight is 496 g/mol. The van der Waals surface area contributed by atoms with E-state index < -0.39 is 11.9 Å². The maximum Gasteiger partial charge on any atom is 0.433 e. The second-order valence-corrected chi connectivity index (χ2v) is 9.54. The average Bonchev–Trinajstić information content (AvgIpc) is 3.12. The van der Waals surface area contributed by atoms with Crippen molar-refractivity contribution in [2.24, 2.45) is 0 Å². The molecule has 0 amide bonds. The minimum atomic E-state index is -4.59. The first kappa shape index (κ1) is 24.6. The molecule has 2 N–H and O–H groups in total. The van der Waals surface area contributed by atoms with E-state index in [-0.39, 0.29) is 28.1 Å². The molecule has 0 spiro atoms. The molecular formula is C24H29F4N5S. The van der Waals surface area contributed by atoms with Gasteiger partial charge in [-0.15, -0.1) is 0 Å². The summed E-state index contributed by atoms with van der Waals surface area (Å²) in [6, 6.07) is 7.50. The highest BCUT2D eigenvalue weighted by molar-refractivity contribution is 7.80. The Morgan fingerprint density at radius 3 is 2.24 bits per heavy atom. The number of halogens is 4. The van der Waals surface area contributed by atoms with Gasteiger partial charge in [-0.25, -0.2) is 9.37 Å². The summed E-state index contributed by atoms with van der Waals surface area (Å²) in [5.41, 5.74) is -0.170. The van der Waals surface area contributed by atoms with Crippen molar-refractivity contribution in [1.29, 1.82) is 0 Å². The van der Waals surface area contributed by atoms with Gasteiger partial charge in [0, 0.05) is 31.1 Å². The van der Waals surface area contributed by atoms with Crippen LogP contribution in [0.15, 0.2) is 30.3 Å². The van der Waals surface area contributed by atoms with E-state index in [0.29, 0.717) is 19.6 Å². The van der Waals surface area contributed by atoms with E-state index in [4.69, 9.17) is 12.2 Å². The van der Waals surface area contributed by atoms with Gasteiger partial charge >= 0.3 is 6.18 Å². The number of nitrogens with zero attached hydrogens (tertiary/aromatic N) is 3. The number of thiocarbonyl (C=S) groups is 1. The Kier molecular flexibility index (Phi) is 7.54. The molecule has 4 rings (SSSR count). The number of hydrogen-bond donors (Lipinski definition) is 2. The number of alkyl halides is 3. The largest absolute Gasteiger partial charge is 0.433 e. The molecule has 2 fully saturated rings. The minimum Gasteiger partial charge on any atom is -0.361 e. The lowest BCUT2D eigenvalue weighted by molar-refractivity contribution is -0.141. The Labute approximate surface area is 202 Å². The Bertz CT molecular complexity index is 982. The molecule has 0 unspecified atom stereocenters. The predicted octanol–water partition coefficient (Wildman–Crippen LogP) is 5.81. The maximum atomic E-state index is 13.5. The van der Waals surface area contributed by atoms with Crippen molar-refractivity contribution in [2.45, 2.75) is 63.0 Å². The van der Waals surface area contributed by atoms with Crippen LogP contribution in [0.5, 0.6) is 0 Å². The number of nitrogens with one attached hydrogen (secondary N) is 2. The van der Waals surface area contributed by atoms with Gasteiger partial charge in [0.2, 0.25) is 5.95 Å². The first-order chi connectivity index (χ1) is 16.2. The van der Waals surface area contributed by atoms with Gasteiger partial charge in [-0.3, -0.25) is 0 Å². The highest BCUT2D eigenvalue weighted by Gasteiger charge is 2.36. The summed E-state index contributed by atoms with van der Waals surface area (Å²) in [7, 11) is 0. The molecule has 1 saturated heterocycles. The van der Waals surface area contributed by atoms with Crippen LogP contribution in [0.1, 0.15) is 62.6 Å². The lowest BCUT2D eigenvalue weighted by Crippen LogP contribution is -2.41. The summed E-state index contributed by atoms with van der Waals surface area (Å²) in [5, 5.41) is 6.07. The fourth-order valence-corrected chi connectivity index (χ4v) is 5.08. The molecule has 10 heteroatoms. The molecule has 2 heterocycles. The van der Waals surface area contributed by atoms with E-state index >= 15 is 0 Å². The smallest absolute Gasteiger partial charge is 0.361 e. The minimum absolute atomic E-state index is 0.162. The molecule has 34 heavy (non-hydrogen) atoms. The van der Waals surface area contributed by atoms with Crippen LogP contribution >= 0.6 is 12.2 Å². The molecule has 184 valence electrons. The lowest BCUT2D eigenvalue weighted by atomic mass is 9.79. The van der Waals surface area contributed by atoms with Crippen LogP contribution in [0, 0.1) is 5.82 Å². The molecule has 5 nitrogen and oxygen atoms in total. The maximum absolute atomic E-state index is 13.5. The van der Waals surface area contributed by atoms with Crippen LogP contribution in [0.3, 0.4) is 0 Å². The molecule has 0 bridgehead atoms. The Morgan fingerprint density at radius 2 is 1.62 bits per heavy atom. The number of rotatable bonds is 5. The van der Waals surface area contributed by atoms with Gasteiger partial charge in [-0.2, -0.15) is 18.2 Å². The van der Waals surface area contributed by atoms with Crippen molar-refractivity contribution in [2.75, 3.05) is 29.9 Å². The van der Waals surface area contributed by atoms with E-state index in [1.54, 1.807) is 12.1 Å². The fraction of sp³-hybridized carbons (Fsp3) is 0.542. The van der Waals surface area contributed by atoms with Crippen molar-refractivity contribution in [3.63, 3.8) is 0 Å². The van der Waals surface area contributed by atoms with Crippen LogP contribution in [-0.4, -0.2) is 34.7 Å². The van der Waals surface area contributed by atoms with Crippen LogP contribution in [-0.2, 0) is 11.6 Å². The summed E-state index contributed by atoms with van der Waals surface area (Å²) in [5.74, 6) is -0.203. The molecule has 0 radical (unpaired) electrons. The molecule has 1 aromatic carbocycles. The molecule has 1 saturated carbocycles. The molecule has 1 aliphatic carbocycles. The fourth-order valence-electron chi connectivity index (χ4n) is 4.92. The van der Waals surface area contributed by atoms with Crippen molar-refractivity contribution >= 4 is 29.1 Å². The highest BCUT2D eigenvalue weighted by Crippen LogP contribution is 2.40. The van der Waals surface area contributed by atoms with Crippen LogP contribution in [0.2, 0.25) is 0 Å². The predicted molar refractivity (Wildman–Crippen MR) is 128 cm³/mol. The second kappa shape index (κ2) is 10.4. The number of benzene rings is 1. The summed E-state index contributed by atoms with van der Waals surface area (Å²) >= 11 is 5.39. The van der Waals surface area contributed by atoms with E-state index in [0.717, 1.165) is 63.0 Å².